The van der Waals surface area contributed by atoms with Crippen molar-refractivity contribution in [1.82, 2.24) is 15.5 Å². The van der Waals surface area contributed by atoms with Gasteiger partial charge < -0.3 is 20.5 Å². The summed E-state index contributed by atoms with van der Waals surface area (Å²) in [5.74, 6) is 0.846. The number of nitrogens with zero attached hydrogens (tertiary/aromatic N) is 1. The average molecular weight is 368 g/mol. The number of likely N-dealkylation sites (tertiary alicyclic amines) is 1. The van der Waals surface area contributed by atoms with Gasteiger partial charge in [-0.2, -0.15) is 0 Å². The summed E-state index contributed by atoms with van der Waals surface area (Å²) in [7, 11) is 0. The van der Waals surface area contributed by atoms with Crippen molar-refractivity contribution in [3.8, 4) is 5.75 Å². The highest BCUT2D eigenvalue weighted by molar-refractivity contribution is 6.30. The Balaban J connectivity index is 1.32. The van der Waals surface area contributed by atoms with Crippen LogP contribution in [-0.2, 0) is 4.79 Å². The molecule has 25 heavy (non-hydrogen) atoms. The number of piperidine rings is 1. The summed E-state index contributed by atoms with van der Waals surface area (Å²) in [6.07, 6.45) is 2.00. The highest BCUT2D eigenvalue weighted by Crippen LogP contribution is 2.16. The van der Waals surface area contributed by atoms with Gasteiger partial charge in [0.15, 0.2) is 0 Å². The molecule has 2 aliphatic rings. The summed E-state index contributed by atoms with van der Waals surface area (Å²) in [5.41, 5.74) is 0. The molecular formula is C18H26ClN3O3. The number of ether oxygens (including phenoxy) is 1. The van der Waals surface area contributed by atoms with Crippen molar-refractivity contribution in [2.75, 3.05) is 32.8 Å². The molecule has 0 radical (unpaired) electrons. The normalized spacial score (nSPS) is 25.0. The van der Waals surface area contributed by atoms with Crippen LogP contribution in [0.1, 0.15) is 19.3 Å². The van der Waals surface area contributed by atoms with E-state index in [4.69, 9.17) is 16.3 Å². The standard InChI is InChI=1S/C18H26ClN3O3/c19-13-1-3-16(4-2-13)25-10-9-22-7-5-14(6-8-22)21-18(24)17-11-15(23)12-20-17/h1-4,14-15,17,20,23H,5-12H2,(H,21,24). The fourth-order valence-corrected chi connectivity index (χ4v) is 3.47. The molecule has 0 spiro atoms. The number of aliphatic hydroxyl groups is 1. The van der Waals surface area contributed by atoms with Crippen LogP contribution in [0.5, 0.6) is 5.75 Å². The van der Waals surface area contributed by atoms with E-state index in [2.05, 4.69) is 15.5 Å². The van der Waals surface area contributed by atoms with Crippen LogP contribution in [0.15, 0.2) is 24.3 Å². The van der Waals surface area contributed by atoms with Crippen molar-refractivity contribution in [3.05, 3.63) is 29.3 Å². The summed E-state index contributed by atoms with van der Waals surface area (Å²) < 4.78 is 5.73. The molecule has 1 aromatic rings. The van der Waals surface area contributed by atoms with Crippen LogP contribution < -0.4 is 15.4 Å². The molecule has 7 heteroatoms. The quantitative estimate of drug-likeness (QED) is 0.700. The van der Waals surface area contributed by atoms with E-state index in [1.165, 1.54) is 0 Å². The summed E-state index contributed by atoms with van der Waals surface area (Å²) >= 11 is 5.86. The summed E-state index contributed by atoms with van der Waals surface area (Å²) in [5, 5.41) is 16.4. The summed E-state index contributed by atoms with van der Waals surface area (Å²) in [6.45, 7) is 3.93. The van der Waals surface area contributed by atoms with Crippen LogP contribution in [-0.4, -0.2) is 66.9 Å². The van der Waals surface area contributed by atoms with Crippen molar-refractivity contribution in [2.24, 2.45) is 0 Å². The van der Waals surface area contributed by atoms with Crippen LogP contribution in [0.3, 0.4) is 0 Å². The third-order valence-electron chi connectivity index (χ3n) is 4.85. The molecule has 2 saturated heterocycles. The molecule has 2 aliphatic heterocycles. The number of rotatable bonds is 6. The van der Waals surface area contributed by atoms with Crippen LogP contribution in [0.25, 0.3) is 0 Å². The molecule has 6 nitrogen and oxygen atoms in total. The number of hydrogen-bond acceptors (Lipinski definition) is 5. The third kappa shape index (κ3) is 5.57. The molecule has 3 N–H and O–H groups in total. The first-order valence-electron chi connectivity index (χ1n) is 8.92. The molecule has 138 valence electrons. The van der Waals surface area contributed by atoms with Crippen molar-refractivity contribution in [3.63, 3.8) is 0 Å². The molecule has 2 heterocycles. The molecule has 0 aromatic heterocycles. The lowest BCUT2D eigenvalue weighted by Gasteiger charge is -2.32. The largest absolute Gasteiger partial charge is 0.492 e. The fraction of sp³-hybridized carbons (Fsp3) is 0.611. The number of carbonyl (C=O) groups excluding carboxylic acids is 1. The lowest BCUT2D eigenvalue weighted by Crippen LogP contribution is -2.49. The zero-order chi connectivity index (χ0) is 17.6. The first-order valence-corrected chi connectivity index (χ1v) is 9.30. The second-order valence-corrected chi connectivity index (χ2v) is 7.21. The zero-order valence-electron chi connectivity index (χ0n) is 14.3. The molecule has 1 amide bonds. The second kappa shape index (κ2) is 8.85. The summed E-state index contributed by atoms with van der Waals surface area (Å²) in [6, 6.07) is 7.36. The molecule has 0 saturated carbocycles. The Bertz CT molecular complexity index is 561. The first kappa shape index (κ1) is 18.5. The van der Waals surface area contributed by atoms with Gasteiger partial charge >= 0.3 is 0 Å². The minimum Gasteiger partial charge on any atom is -0.492 e. The fourth-order valence-electron chi connectivity index (χ4n) is 3.34. The molecule has 0 aliphatic carbocycles. The van der Waals surface area contributed by atoms with E-state index in [1.54, 1.807) is 0 Å². The van der Waals surface area contributed by atoms with Gasteiger partial charge in [0.1, 0.15) is 12.4 Å². The molecule has 2 atom stereocenters. The van der Waals surface area contributed by atoms with Gasteiger partial charge in [0.05, 0.1) is 12.1 Å². The zero-order valence-corrected chi connectivity index (χ0v) is 15.0. The Morgan fingerprint density at radius 2 is 2.04 bits per heavy atom. The molecule has 2 fully saturated rings. The third-order valence-corrected chi connectivity index (χ3v) is 5.10. The Hall–Kier alpha value is -1.34. The monoisotopic (exact) mass is 367 g/mol. The lowest BCUT2D eigenvalue weighted by atomic mass is 10.0. The van der Waals surface area contributed by atoms with Crippen LogP contribution in [0, 0.1) is 0 Å². The molecule has 0 bridgehead atoms. The van der Waals surface area contributed by atoms with E-state index in [-0.39, 0.29) is 18.0 Å². The van der Waals surface area contributed by atoms with Gasteiger partial charge in [-0.15, -0.1) is 0 Å². The van der Waals surface area contributed by atoms with Gasteiger partial charge in [0, 0.05) is 37.2 Å². The van der Waals surface area contributed by atoms with E-state index < -0.39 is 6.10 Å². The van der Waals surface area contributed by atoms with Gasteiger partial charge in [-0.3, -0.25) is 9.69 Å². The van der Waals surface area contributed by atoms with Crippen molar-refractivity contribution < 1.29 is 14.6 Å². The van der Waals surface area contributed by atoms with Crippen molar-refractivity contribution in [1.29, 1.82) is 0 Å². The predicted molar refractivity (Wildman–Crippen MR) is 97.0 cm³/mol. The Kier molecular flexibility index (Phi) is 6.53. The number of hydrogen-bond donors (Lipinski definition) is 3. The van der Waals surface area contributed by atoms with Crippen molar-refractivity contribution in [2.45, 2.75) is 37.5 Å². The Morgan fingerprint density at radius 1 is 1.32 bits per heavy atom. The number of carbonyl (C=O) groups is 1. The highest BCUT2D eigenvalue weighted by Gasteiger charge is 2.30. The molecule has 1 aromatic carbocycles. The van der Waals surface area contributed by atoms with Crippen LogP contribution in [0.2, 0.25) is 5.02 Å². The highest BCUT2D eigenvalue weighted by atomic mass is 35.5. The maximum atomic E-state index is 12.2. The van der Waals surface area contributed by atoms with Crippen LogP contribution >= 0.6 is 11.6 Å². The predicted octanol–water partition coefficient (Wildman–Crippen LogP) is 1.02. The van der Waals surface area contributed by atoms with Crippen LogP contribution in [0.4, 0.5) is 0 Å². The number of halogens is 1. The van der Waals surface area contributed by atoms with Crippen molar-refractivity contribution >= 4 is 17.5 Å². The van der Waals surface area contributed by atoms with Gasteiger partial charge in [-0.1, -0.05) is 11.6 Å². The second-order valence-electron chi connectivity index (χ2n) is 6.78. The minimum absolute atomic E-state index is 0.0149. The van der Waals surface area contributed by atoms with E-state index in [0.29, 0.717) is 24.6 Å². The first-order chi connectivity index (χ1) is 12.1. The maximum absolute atomic E-state index is 12.2. The average Bonchev–Trinajstić information content (AvgIpc) is 3.05. The maximum Gasteiger partial charge on any atom is 0.237 e. The van der Waals surface area contributed by atoms with Gasteiger partial charge in [-0.05, 0) is 43.5 Å². The minimum atomic E-state index is -0.404. The van der Waals surface area contributed by atoms with Gasteiger partial charge in [0.2, 0.25) is 5.91 Å². The smallest absolute Gasteiger partial charge is 0.237 e. The lowest BCUT2D eigenvalue weighted by molar-refractivity contribution is -0.124. The summed E-state index contributed by atoms with van der Waals surface area (Å²) in [4.78, 5) is 14.5. The van der Waals surface area contributed by atoms with E-state index in [0.717, 1.165) is 38.2 Å². The molecule has 2 unspecified atom stereocenters. The van der Waals surface area contributed by atoms with Gasteiger partial charge in [0.25, 0.3) is 0 Å². The Labute approximate surface area is 153 Å². The molecule has 3 rings (SSSR count). The number of benzene rings is 1. The number of aliphatic hydroxyl groups excluding tert-OH is 1. The number of amides is 1. The number of nitrogens with one attached hydrogen (secondary N) is 2. The van der Waals surface area contributed by atoms with E-state index in [1.807, 2.05) is 24.3 Å². The SMILES string of the molecule is O=C(NC1CCN(CCOc2ccc(Cl)cc2)CC1)C1CC(O)CN1. The molecular weight excluding hydrogens is 342 g/mol. The Morgan fingerprint density at radius 3 is 2.68 bits per heavy atom. The number of β-amino-alcohol motifs (C(OH)–C–C–N with tert-alkyl or cyclic N) is 1. The van der Waals surface area contributed by atoms with E-state index >= 15 is 0 Å². The van der Waals surface area contributed by atoms with E-state index in [9.17, 15) is 9.90 Å². The van der Waals surface area contributed by atoms with Gasteiger partial charge in [-0.25, -0.2) is 0 Å². The topological polar surface area (TPSA) is 73.8 Å².